The molecule has 0 atom stereocenters. The molecule has 0 N–H and O–H groups in total. The molecular weight excluding hydrogens is 354 g/mol. The summed E-state index contributed by atoms with van der Waals surface area (Å²) in [5.41, 5.74) is 1.99. The van der Waals surface area contributed by atoms with Crippen LogP contribution in [0.2, 0.25) is 0 Å². The summed E-state index contributed by atoms with van der Waals surface area (Å²) < 4.78 is 8.47. The molecule has 0 unspecified atom stereocenters. The topological polar surface area (TPSA) is 81.0 Å². The minimum atomic E-state index is -0.498. The molecule has 8 heteroatoms. The van der Waals surface area contributed by atoms with E-state index in [2.05, 4.69) is 4.99 Å². The van der Waals surface area contributed by atoms with Gasteiger partial charge in [-0.25, -0.2) is 0 Å². The van der Waals surface area contributed by atoms with Crippen molar-refractivity contribution in [3.63, 3.8) is 0 Å². The van der Waals surface area contributed by atoms with E-state index in [1.807, 2.05) is 30.5 Å². The highest BCUT2D eigenvalue weighted by Gasteiger charge is 2.30. The molecule has 2 heterocycles. The summed E-state index contributed by atoms with van der Waals surface area (Å²) >= 11 is 1.41. The van der Waals surface area contributed by atoms with Crippen molar-refractivity contribution in [2.24, 2.45) is 4.99 Å². The first-order valence-corrected chi connectivity index (χ1v) is 9.35. The van der Waals surface area contributed by atoms with Crippen LogP contribution in [0.1, 0.15) is 31.7 Å². The number of thiazole rings is 1. The first-order chi connectivity index (χ1) is 12.5. The normalized spacial score (nSPS) is 15.3. The first kappa shape index (κ1) is 18.3. The molecule has 0 spiro atoms. The van der Waals surface area contributed by atoms with Gasteiger partial charge in [-0.05, 0) is 25.0 Å². The fraction of sp³-hybridized carbons (Fsp3) is 0.444. The Hall–Kier alpha value is -2.48. The Balaban J connectivity index is 2.06. The van der Waals surface area contributed by atoms with E-state index in [1.54, 1.807) is 7.11 Å². The van der Waals surface area contributed by atoms with Crippen LogP contribution in [0.4, 0.5) is 0 Å². The number of hydrogen-bond donors (Lipinski definition) is 0. The fourth-order valence-electron chi connectivity index (χ4n) is 3.04. The summed E-state index contributed by atoms with van der Waals surface area (Å²) in [4.78, 5) is 41.5. The SMILES string of the molecule is CCCn1c(=NC(=O)CN2C(=O)CCC2=O)sc2c(C)ccc(OC)c21. The summed E-state index contributed by atoms with van der Waals surface area (Å²) in [5, 5.41) is 0. The van der Waals surface area contributed by atoms with Gasteiger partial charge in [0.15, 0.2) is 4.80 Å². The van der Waals surface area contributed by atoms with Crippen LogP contribution in [0.15, 0.2) is 17.1 Å². The molecule has 7 nitrogen and oxygen atoms in total. The highest BCUT2D eigenvalue weighted by molar-refractivity contribution is 7.16. The van der Waals surface area contributed by atoms with Crippen molar-refractivity contribution < 1.29 is 19.1 Å². The van der Waals surface area contributed by atoms with Crippen LogP contribution in [-0.2, 0) is 20.9 Å². The lowest BCUT2D eigenvalue weighted by atomic mass is 10.2. The van der Waals surface area contributed by atoms with Gasteiger partial charge < -0.3 is 9.30 Å². The van der Waals surface area contributed by atoms with Gasteiger partial charge in [0, 0.05) is 19.4 Å². The summed E-state index contributed by atoms with van der Waals surface area (Å²) in [5.74, 6) is -0.390. The second-order valence-corrected chi connectivity index (χ2v) is 7.16. The van der Waals surface area contributed by atoms with Crippen LogP contribution in [0, 0.1) is 6.92 Å². The molecule has 1 aromatic carbocycles. The van der Waals surface area contributed by atoms with Gasteiger partial charge in [-0.15, -0.1) is 0 Å². The first-order valence-electron chi connectivity index (χ1n) is 8.54. The number of likely N-dealkylation sites (tertiary alicyclic amines) is 1. The molecule has 26 heavy (non-hydrogen) atoms. The maximum atomic E-state index is 12.4. The van der Waals surface area contributed by atoms with Crippen molar-refractivity contribution in [1.29, 1.82) is 0 Å². The maximum Gasteiger partial charge on any atom is 0.268 e. The number of nitrogens with zero attached hydrogens (tertiary/aromatic N) is 3. The number of imide groups is 1. The Bertz CT molecular complexity index is 941. The summed E-state index contributed by atoms with van der Waals surface area (Å²) in [6.45, 7) is 4.44. The minimum Gasteiger partial charge on any atom is -0.495 e. The third-order valence-corrected chi connectivity index (χ3v) is 5.53. The predicted molar refractivity (Wildman–Crippen MR) is 97.9 cm³/mol. The highest BCUT2D eigenvalue weighted by Crippen LogP contribution is 2.30. The lowest BCUT2D eigenvalue weighted by Gasteiger charge is -2.10. The molecule has 2 aromatic rings. The van der Waals surface area contributed by atoms with Crippen molar-refractivity contribution in [1.82, 2.24) is 9.47 Å². The van der Waals surface area contributed by atoms with Crippen LogP contribution in [-0.4, -0.2) is 40.8 Å². The Kier molecular flexibility index (Phi) is 5.22. The number of aryl methyl sites for hydroxylation is 2. The quantitative estimate of drug-likeness (QED) is 0.749. The highest BCUT2D eigenvalue weighted by atomic mass is 32.1. The van der Waals surface area contributed by atoms with Gasteiger partial charge >= 0.3 is 0 Å². The van der Waals surface area contributed by atoms with E-state index in [1.165, 1.54) is 11.3 Å². The average molecular weight is 375 g/mol. The van der Waals surface area contributed by atoms with Crippen molar-refractivity contribution in [3.05, 3.63) is 22.5 Å². The molecule has 0 saturated carbocycles. The van der Waals surface area contributed by atoms with Crippen molar-refractivity contribution in [3.8, 4) is 5.75 Å². The molecule has 1 aliphatic heterocycles. The van der Waals surface area contributed by atoms with Crippen LogP contribution in [0.5, 0.6) is 5.75 Å². The van der Waals surface area contributed by atoms with Crippen LogP contribution < -0.4 is 9.54 Å². The number of hydrogen-bond acceptors (Lipinski definition) is 5. The molecule has 1 aliphatic rings. The average Bonchev–Trinajstić information content (AvgIpc) is 3.12. The van der Waals surface area contributed by atoms with E-state index in [4.69, 9.17) is 4.74 Å². The van der Waals surface area contributed by atoms with E-state index in [9.17, 15) is 14.4 Å². The molecule has 1 fully saturated rings. The van der Waals surface area contributed by atoms with E-state index < -0.39 is 5.91 Å². The van der Waals surface area contributed by atoms with Gasteiger partial charge in [-0.1, -0.05) is 24.3 Å². The third kappa shape index (κ3) is 3.29. The van der Waals surface area contributed by atoms with Gasteiger partial charge in [0.05, 0.1) is 11.8 Å². The monoisotopic (exact) mass is 375 g/mol. The molecular formula is C18H21N3O4S. The van der Waals surface area contributed by atoms with E-state index in [-0.39, 0.29) is 31.2 Å². The number of ether oxygens (including phenoxy) is 1. The van der Waals surface area contributed by atoms with Gasteiger partial charge in [-0.2, -0.15) is 4.99 Å². The largest absolute Gasteiger partial charge is 0.495 e. The zero-order chi connectivity index (χ0) is 18.8. The fourth-order valence-corrected chi connectivity index (χ4v) is 4.20. The number of carbonyl (C=O) groups is 3. The zero-order valence-electron chi connectivity index (χ0n) is 15.1. The predicted octanol–water partition coefficient (Wildman–Crippen LogP) is 2.01. The number of rotatable bonds is 5. The van der Waals surface area contributed by atoms with Gasteiger partial charge in [-0.3, -0.25) is 19.3 Å². The number of methoxy groups -OCH3 is 1. The van der Waals surface area contributed by atoms with Crippen LogP contribution in [0.25, 0.3) is 10.2 Å². The number of carbonyl (C=O) groups excluding carboxylic acids is 3. The molecule has 3 amide bonds. The smallest absolute Gasteiger partial charge is 0.268 e. The van der Waals surface area contributed by atoms with Gasteiger partial charge in [0.25, 0.3) is 5.91 Å². The molecule has 0 aliphatic carbocycles. The second-order valence-electron chi connectivity index (χ2n) is 6.18. The van der Waals surface area contributed by atoms with E-state index in [0.29, 0.717) is 11.3 Å². The minimum absolute atomic E-state index is 0.168. The molecule has 1 aromatic heterocycles. The number of fused-ring (bicyclic) bond motifs is 1. The van der Waals surface area contributed by atoms with Gasteiger partial charge in [0.2, 0.25) is 11.8 Å². The molecule has 3 rings (SSSR count). The van der Waals surface area contributed by atoms with Crippen LogP contribution in [0.3, 0.4) is 0 Å². The summed E-state index contributed by atoms with van der Waals surface area (Å²) in [6.07, 6.45) is 1.20. The number of aromatic nitrogens is 1. The third-order valence-electron chi connectivity index (χ3n) is 4.32. The second kappa shape index (κ2) is 7.41. The molecule has 1 saturated heterocycles. The molecule has 0 bridgehead atoms. The number of amides is 3. The standard InChI is InChI=1S/C18H21N3O4S/c1-4-9-20-16-12(25-3)6-5-11(2)17(16)26-18(20)19-13(22)10-21-14(23)7-8-15(21)24/h5-6H,4,7-10H2,1-3H3. The maximum absolute atomic E-state index is 12.4. The molecule has 138 valence electrons. The van der Waals surface area contributed by atoms with E-state index in [0.717, 1.165) is 32.9 Å². The van der Waals surface area contributed by atoms with Gasteiger partial charge in [0.1, 0.15) is 17.8 Å². The Labute approximate surface area is 154 Å². The zero-order valence-corrected chi connectivity index (χ0v) is 15.9. The van der Waals surface area contributed by atoms with Crippen molar-refractivity contribution >= 4 is 39.3 Å². The van der Waals surface area contributed by atoms with Crippen molar-refractivity contribution in [2.45, 2.75) is 39.7 Å². The van der Waals surface area contributed by atoms with E-state index >= 15 is 0 Å². The lowest BCUT2D eigenvalue weighted by molar-refractivity contribution is -0.141. The lowest BCUT2D eigenvalue weighted by Crippen LogP contribution is -2.34. The summed E-state index contributed by atoms with van der Waals surface area (Å²) in [6, 6.07) is 3.88. The van der Waals surface area contributed by atoms with Crippen molar-refractivity contribution in [2.75, 3.05) is 13.7 Å². The number of benzene rings is 1. The Morgan fingerprint density at radius 1 is 1.27 bits per heavy atom. The summed E-state index contributed by atoms with van der Waals surface area (Å²) in [7, 11) is 1.62. The Morgan fingerprint density at radius 2 is 1.96 bits per heavy atom. The Morgan fingerprint density at radius 3 is 2.58 bits per heavy atom. The van der Waals surface area contributed by atoms with Crippen LogP contribution >= 0.6 is 11.3 Å². The molecule has 0 radical (unpaired) electrons.